The van der Waals surface area contributed by atoms with E-state index in [4.69, 9.17) is 9.84 Å². The number of carboxylic acids is 1. The van der Waals surface area contributed by atoms with Crippen molar-refractivity contribution in [3.8, 4) is 11.4 Å². The summed E-state index contributed by atoms with van der Waals surface area (Å²) in [6.45, 7) is 2.95. The summed E-state index contributed by atoms with van der Waals surface area (Å²) in [5.74, 6) is -0.288. The molecule has 7 nitrogen and oxygen atoms in total. The molecule has 0 radical (unpaired) electrons. The smallest absolute Gasteiger partial charge is 0.313 e. The number of hydrogen-bond acceptors (Lipinski definition) is 6. The normalized spacial score (nSPS) is 10.8. The van der Waals surface area contributed by atoms with Crippen LogP contribution in [0.5, 0.6) is 0 Å². The highest BCUT2D eigenvalue weighted by Crippen LogP contribution is 2.23. The van der Waals surface area contributed by atoms with Crippen molar-refractivity contribution in [3.63, 3.8) is 0 Å². The SMILES string of the molecule is COCCn1c(SCC(=O)O)nnc1-c1ccc(C)nc1. The molecule has 0 saturated carbocycles. The van der Waals surface area contributed by atoms with Crippen LogP contribution in [0, 0.1) is 6.92 Å². The Morgan fingerprint density at radius 2 is 2.24 bits per heavy atom. The predicted molar refractivity (Wildman–Crippen MR) is 78.2 cm³/mol. The van der Waals surface area contributed by atoms with Crippen LogP contribution in [0.1, 0.15) is 5.69 Å². The summed E-state index contributed by atoms with van der Waals surface area (Å²) < 4.78 is 6.94. The Morgan fingerprint density at radius 3 is 2.86 bits per heavy atom. The van der Waals surface area contributed by atoms with E-state index < -0.39 is 5.97 Å². The van der Waals surface area contributed by atoms with Gasteiger partial charge in [-0.05, 0) is 19.1 Å². The van der Waals surface area contributed by atoms with Crippen molar-refractivity contribution in [2.45, 2.75) is 18.6 Å². The van der Waals surface area contributed by atoms with Crippen molar-refractivity contribution in [2.24, 2.45) is 0 Å². The van der Waals surface area contributed by atoms with Crippen LogP contribution in [-0.4, -0.2) is 50.3 Å². The van der Waals surface area contributed by atoms with Gasteiger partial charge in [-0.1, -0.05) is 11.8 Å². The summed E-state index contributed by atoms with van der Waals surface area (Å²) in [5.41, 5.74) is 1.76. The first-order chi connectivity index (χ1) is 10.1. The van der Waals surface area contributed by atoms with E-state index in [1.54, 1.807) is 13.3 Å². The number of carbonyl (C=O) groups is 1. The second-order valence-electron chi connectivity index (χ2n) is 4.32. The van der Waals surface area contributed by atoms with E-state index in [-0.39, 0.29) is 5.75 Å². The van der Waals surface area contributed by atoms with Crippen LogP contribution >= 0.6 is 11.8 Å². The van der Waals surface area contributed by atoms with Crippen LogP contribution < -0.4 is 0 Å². The molecule has 0 fully saturated rings. The molecule has 112 valence electrons. The average molecular weight is 308 g/mol. The van der Waals surface area contributed by atoms with E-state index in [0.717, 1.165) is 23.0 Å². The standard InChI is InChI=1S/C13H16N4O3S/c1-9-3-4-10(7-14-9)12-15-16-13(21-8-11(18)19)17(12)5-6-20-2/h3-4,7H,5-6,8H2,1-2H3,(H,18,19). The van der Waals surface area contributed by atoms with Crippen molar-refractivity contribution in [1.29, 1.82) is 0 Å². The number of methoxy groups -OCH3 is 1. The Morgan fingerprint density at radius 1 is 1.43 bits per heavy atom. The van der Waals surface area contributed by atoms with E-state index in [1.165, 1.54) is 0 Å². The number of aromatic nitrogens is 4. The number of thioether (sulfide) groups is 1. The molecule has 0 aliphatic heterocycles. The van der Waals surface area contributed by atoms with Crippen LogP contribution in [0.15, 0.2) is 23.5 Å². The first kappa shape index (κ1) is 15.5. The molecule has 0 aromatic carbocycles. The molecule has 0 bridgehead atoms. The van der Waals surface area contributed by atoms with Gasteiger partial charge in [0.1, 0.15) is 0 Å². The second kappa shape index (κ2) is 7.19. The fourth-order valence-corrected chi connectivity index (χ4v) is 2.40. The first-order valence-corrected chi connectivity index (χ1v) is 7.30. The number of rotatable bonds is 7. The number of aliphatic carboxylic acids is 1. The first-order valence-electron chi connectivity index (χ1n) is 6.31. The van der Waals surface area contributed by atoms with Crippen molar-refractivity contribution < 1.29 is 14.6 Å². The molecule has 1 N–H and O–H groups in total. The maximum absolute atomic E-state index is 10.7. The lowest BCUT2D eigenvalue weighted by Gasteiger charge is -2.09. The van der Waals surface area contributed by atoms with Crippen molar-refractivity contribution in [3.05, 3.63) is 24.0 Å². The lowest BCUT2D eigenvalue weighted by Crippen LogP contribution is -2.09. The summed E-state index contributed by atoms with van der Waals surface area (Å²) in [6.07, 6.45) is 1.73. The molecule has 0 atom stereocenters. The molecule has 0 spiro atoms. The molecule has 0 saturated heterocycles. The van der Waals surface area contributed by atoms with Gasteiger partial charge in [0.2, 0.25) is 0 Å². The van der Waals surface area contributed by atoms with Crippen molar-refractivity contribution in [2.75, 3.05) is 19.5 Å². The summed E-state index contributed by atoms with van der Waals surface area (Å²) in [4.78, 5) is 14.9. The van der Waals surface area contributed by atoms with Gasteiger partial charge in [-0.2, -0.15) is 0 Å². The number of aryl methyl sites for hydroxylation is 1. The molecular formula is C13H16N4O3S. The molecule has 2 aromatic rings. The molecule has 2 aromatic heterocycles. The Balaban J connectivity index is 2.31. The van der Waals surface area contributed by atoms with Gasteiger partial charge < -0.3 is 9.84 Å². The zero-order chi connectivity index (χ0) is 15.2. The molecule has 2 heterocycles. The second-order valence-corrected chi connectivity index (χ2v) is 5.26. The minimum Gasteiger partial charge on any atom is -0.481 e. The van der Waals surface area contributed by atoms with Crippen LogP contribution in [0.25, 0.3) is 11.4 Å². The van der Waals surface area contributed by atoms with Crippen LogP contribution in [-0.2, 0) is 16.1 Å². The molecular weight excluding hydrogens is 292 g/mol. The van der Waals surface area contributed by atoms with Gasteiger partial charge in [-0.25, -0.2) is 0 Å². The maximum Gasteiger partial charge on any atom is 0.313 e. The van der Waals surface area contributed by atoms with E-state index in [9.17, 15) is 4.79 Å². The van der Waals surface area contributed by atoms with Gasteiger partial charge in [0.05, 0.1) is 18.9 Å². The van der Waals surface area contributed by atoms with Crippen molar-refractivity contribution >= 4 is 17.7 Å². The average Bonchev–Trinajstić information content (AvgIpc) is 2.86. The van der Waals surface area contributed by atoms with Gasteiger partial charge in [0.25, 0.3) is 0 Å². The van der Waals surface area contributed by atoms with E-state index in [0.29, 0.717) is 24.1 Å². The lowest BCUT2D eigenvalue weighted by atomic mass is 10.2. The summed E-state index contributed by atoms with van der Waals surface area (Å²) >= 11 is 1.14. The highest BCUT2D eigenvalue weighted by molar-refractivity contribution is 7.99. The lowest BCUT2D eigenvalue weighted by molar-refractivity contribution is -0.133. The number of carboxylic acid groups (broad SMARTS) is 1. The number of nitrogens with zero attached hydrogens (tertiary/aromatic N) is 4. The molecule has 0 aliphatic rings. The largest absolute Gasteiger partial charge is 0.481 e. The van der Waals surface area contributed by atoms with E-state index >= 15 is 0 Å². The van der Waals surface area contributed by atoms with Crippen LogP contribution in [0.4, 0.5) is 0 Å². The molecule has 8 heteroatoms. The van der Waals surface area contributed by atoms with Crippen LogP contribution in [0.2, 0.25) is 0 Å². The van der Waals surface area contributed by atoms with Crippen LogP contribution in [0.3, 0.4) is 0 Å². The minimum atomic E-state index is -0.889. The third-order valence-electron chi connectivity index (χ3n) is 2.73. The summed E-state index contributed by atoms with van der Waals surface area (Å²) in [5, 5.41) is 17.6. The topological polar surface area (TPSA) is 90.1 Å². The van der Waals surface area contributed by atoms with Gasteiger partial charge in [0, 0.05) is 24.6 Å². The Labute approximate surface area is 126 Å². The minimum absolute atomic E-state index is 0.0583. The maximum atomic E-state index is 10.7. The number of pyridine rings is 1. The zero-order valence-electron chi connectivity index (χ0n) is 11.8. The summed E-state index contributed by atoms with van der Waals surface area (Å²) in [6, 6.07) is 3.82. The quantitative estimate of drug-likeness (QED) is 0.775. The Hall–Kier alpha value is -1.93. The van der Waals surface area contributed by atoms with Gasteiger partial charge >= 0.3 is 5.97 Å². The molecule has 2 rings (SSSR count). The highest BCUT2D eigenvalue weighted by atomic mass is 32.2. The number of hydrogen-bond donors (Lipinski definition) is 1. The van der Waals surface area contributed by atoms with E-state index in [2.05, 4.69) is 15.2 Å². The summed E-state index contributed by atoms with van der Waals surface area (Å²) in [7, 11) is 1.61. The molecule has 0 unspecified atom stereocenters. The third-order valence-corrected chi connectivity index (χ3v) is 3.68. The predicted octanol–water partition coefficient (Wildman–Crippen LogP) is 1.47. The Kier molecular flexibility index (Phi) is 5.29. The van der Waals surface area contributed by atoms with Gasteiger partial charge in [0.15, 0.2) is 11.0 Å². The number of ether oxygens (including phenoxy) is 1. The van der Waals surface area contributed by atoms with E-state index in [1.807, 2.05) is 23.6 Å². The molecule has 0 amide bonds. The van der Waals surface area contributed by atoms with Gasteiger partial charge in [-0.15, -0.1) is 10.2 Å². The van der Waals surface area contributed by atoms with Gasteiger partial charge in [-0.3, -0.25) is 14.3 Å². The molecule has 0 aliphatic carbocycles. The monoisotopic (exact) mass is 308 g/mol. The Bertz CT molecular complexity index is 612. The van der Waals surface area contributed by atoms with Crippen molar-refractivity contribution in [1.82, 2.24) is 19.7 Å². The highest BCUT2D eigenvalue weighted by Gasteiger charge is 2.15. The fraction of sp³-hybridized carbons (Fsp3) is 0.385. The molecule has 21 heavy (non-hydrogen) atoms. The third kappa shape index (κ3) is 4.02. The fourth-order valence-electron chi connectivity index (χ4n) is 1.72. The zero-order valence-corrected chi connectivity index (χ0v) is 12.6.